The summed E-state index contributed by atoms with van der Waals surface area (Å²) in [6, 6.07) is 14.4. The van der Waals surface area contributed by atoms with Gasteiger partial charge in [0.05, 0.1) is 9.26 Å². The minimum atomic E-state index is -0.261. The normalized spacial score (nSPS) is 9.89. The number of para-hydroxylation sites is 1. The van der Waals surface area contributed by atoms with Crippen molar-refractivity contribution in [2.75, 3.05) is 10.6 Å². The Bertz CT molecular complexity index is 560. The van der Waals surface area contributed by atoms with Gasteiger partial charge in [0.25, 0.3) is 0 Å². The zero-order valence-corrected chi connectivity index (χ0v) is 12.3. The minimum absolute atomic E-state index is 0.261. The molecule has 0 heterocycles. The largest absolute Gasteiger partial charge is 0.332 e. The van der Waals surface area contributed by atoms with Crippen molar-refractivity contribution in [2.24, 2.45) is 0 Å². The molecule has 0 saturated carbocycles. The summed E-state index contributed by atoms with van der Waals surface area (Å²) >= 11 is 7.12. The first kappa shape index (κ1) is 13.2. The average Bonchev–Trinajstić information content (AvgIpc) is 2.36. The molecule has 0 spiro atoms. The third-order valence-electron chi connectivity index (χ3n) is 2.23. The number of thiocarbonyl (C=S) groups is 1. The molecule has 18 heavy (non-hydrogen) atoms. The van der Waals surface area contributed by atoms with E-state index in [4.69, 9.17) is 12.2 Å². The van der Waals surface area contributed by atoms with Crippen LogP contribution in [0.25, 0.3) is 0 Å². The summed E-state index contributed by atoms with van der Waals surface area (Å²) in [5.74, 6) is -0.261. The summed E-state index contributed by atoms with van der Waals surface area (Å²) in [6.07, 6.45) is 0. The van der Waals surface area contributed by atoms with Crippen LogP contribution in [-0.4, -0.2) is 5.11 Å². The van der Waals surface area contributed by atoms with Crippen LogP contribution in [0.5, 0.6) is 0 Å². The molecule has 2 rings (SSSR count). The Balaban J connectivity index is 2.06. The zero-order chi connectivity index (χ0) is 13.0. The van der Waals surface area contributed by atoms with Crippen molar-refractivity contribution in [2.45, 2.75) is 0 Å². The van der Waals surface area contributed by atoms with Gasteiger partial charge in [-0.25, -0.2) is 4.39 Å². The van der Waals surface area contributed by atoms with E-state index >= 15 is 0 Å². The Kier molecular flexibility index (Phi) is 4.48. The summed E-state index contributed by atoms with van der Waals surface area (Å²) in [5.41, 5.74) is 1.55. The first-order valence-corrected chi connectivity index (χ1v) is 6.72. The molecule has 0 aliphatic heterocycles. The molecule has 0 unspecified atom stereocenters. The second kappa shape index (κ2) is 6.10. The number of halogens is 2. The Hall–Kier alpha value is -1.21. The molecule has 0 fully saturated rings. The Morgan fingerprint density at radius 2 is 1.72 bits per heavy atom. The topological polar surface area (TPSA) is 24.1 Å². The minimum Gasteiger partial charge on any atom is -0.332 e. The third-order valence-corrected chi connectivity index (χ3v) is 3.53. The summed E-state index contributed by atoms with van der Waals surface area (Å²) in [7, 11) is 0. The quantitative estimate of drug-likeness (QED) is 0.609. The van der Waals surface area contributed by atoms with E-state index < -0.39 is 0 Å². The highest BCUT2D eigenvalue weighted by molar-refractivity contribution is 14.1. The third kappa shape index (κ3) is 3.39. The monoisotopic (exact) mass is 372 g/mol. The maximum atomic E-state index is 13.3. The number of rotatable bonds is 2. The lowest BCUT2D eigenvalue weighted by molar-refractivity contribution is 0.621. The van der Waals surface area contributed by atoms with Gasteiger partial charge in [-0.2, -0.15) is 0 Å². The van der Waals surface area contributed by atoms with E-state index in [2.05, 4.69) is 10.6 Å². The molecule has 0 atom stereocenters. The molecular formula is C13H10FIN2S. The fourth-order valence-corrected chi connectivity index (χ4v) is 2.13. The van der Waals surface area contributed by atoms with Crippen molar-refractivity contribution in [1.29, 1.82) is 0 Å². The molecule has 5 heteroatoms. The molecule has 0 aromatic heterocycles. The molecule has 0 aliphatic rings. The number of hydrogen-bond acceptors (Lipinski definition) is 1. The van der Waals surface area contributed by atoms with E-state index in [1.165, 1.54) is 6.07 Å². The van der Waals surface area contributed by atoms with Crippen LogP contribution in [0.3, 0.4) is 0 Å². The first-order chi connectivity index (χ1) is 8.66. The predicted octanol–water partition coefficient (Wildman–Crippen LogP) is 4.24. The number of nitrogens with one attached hydrogen (secondary N) is 2. The van der Waals surface area contributed by atoms with E-state index in [0.29, 0.717) is 14.4 Å². The Morgan fingerprint density at radius 1 is 1.00 bits per heavy atom. The van der Waals surface area contributed by atoms with E-state index in [9.17, 15) is 4.39 Å². The molecule has 2 aromatic carbocycles. The number of hydrogen-bond donors (Lipinski definition) is 2. The van der Waals surface area contributed by atoms with Crippen LogP contribution in [0.1, 0.15) is 0 Å². The lowest BCUT2D eigenvalue weighted by Gasteiger charge is -2.12. The highest BCUT2D eigenvalue weighted by atomic mass is 127. The summed E-state index contributed by atoms with van der Waals surface area (Å²) < 4.78 is 13.9. The van der Waals surface area contributed by atoms with Crippen LogP contribution < -0.4 is 10.6 Å². The van der Waals surface area contributed by atoms with Crippen molar-refractivity contribution in [3.8, 4) is 0 Å². The molecule has 2 aromatic rings. The van der Waals surface area contributed by atoms with E-state index in [1.54, 1.807) is 12.1 Å². The number of anilines is 2. The predicted molar refractivity (Wildman–Crippen MR) is 85.4 cm³/mol. The van der Waals surface area contributed by atoms with Gasteiger partial charge in [-0.15, -0.1) is 0 Å². The second-order valence-corrected chi connectivity index (χ2v) is 5.03. The summed E-state index contributed by atoms with van der Waals surface area (Å²) in [4.78, 5) is 0. The average molecular weight is 372 g/mol. The van der Waals surface area contributed by atoms with Crippen LogP contribution in [0.15, 0.2) is 48.5 Å². The zero-order valence-electron chi connectivity index (χ0n) is 9.28. The molecule has 0 radical (unpaired) electrons. The lowest BCUT2D eigenvalue weighted by Crippen LogP contribution is -2.19. The number of benzene rings is 2. The fraction of sp³-hybridized carbons (Fsp3) is 0. The van der Waals surface area contributed by atoms with Gasteiger partial charge in [0.2, 0.25) is 0 Å². The van der Waals surface area contributed by atoms with Crippen LogP contribution in [0.2, 0.25) is 0 Å². The van der Waals surface area contributed by atoms with Crippen molar-refractivity contribution >= 4 is 51.3 Å². The van der Waals surface area contributed by atoms with E-state index in [0.717, 1.165) is 5.69 Å². The lowest BCUT2D eigenvalue weighted by atomic mass is 10.3. The van der Waals surface area contributed by atoms with Crippen molar-refractivity contribution in [1.82, 2.24) is 0 Å². The SMILES string of the molecule is Fc1cccc(NC(=S)Nc2ccccc2)c1I. The highest BCUT2D eigenvalue weighted by Crippen LogP contribution is 2.21. The van der Waals surface area contributed by atoms with E-state index in [-0.39, 0.29) is 5.82 Å². The van der Waals surface area contributed by atoms with Gasteiger partial charge in [0.1, 0.15) is 5.82 Å². The summed E-state index contributed by atoms with van der Waals surface area (Å²) in [6.45, 7) is 0. The van der Waals surface area contributed by atoms with Crippen molar-refractivity contribution < 1.29 is 4.39 Å². The maximum absolute atomic E-state index is 13.3. The van der Waals surface area contributed by atoms with Crippen LogP contribution in [0, 0.1) is 9.39 Å². The molecule has 0 amide bonds. The van der Waals surface area contributed by atoms with Crippen LogP contribution >= 0.6 is 34.8 Å². The molecule has 0 aliphatic carbocycles. The van der Waals surface area contributed by atoms with Gasteiger partial charge < -0.3 is 10.6 Å². The molecule has 0 saturated heterocycles. The molecule has 92 valence electrons. The molecular weight excluding hydrogens is 362 g/mol. The molecule has 2 nitrogen and oxygen atoms in total. The van der Waals surface area contributed by atoms with Gasteiger partial charge in [-0.05, 0) is 59.1 Å². The Morgan fingerprint density at radius 3 is 2.44 bits per heavy atom. The molecule has 2 N–H and O–H groups in total. The second-order valence-electron chi connectivity index (χ2n) is 3.55. The maximum Gasteiger partial charge on any atom is 0.175 e. The first-order valence-electron chi connectivity index (χ1n) is 5.24. The van der Waals surface area contributed by atoms with Crippen molar-refractivity contribution in [3.63, 3.8) is 0 Å². The Labute approximate surface area is 124 Å². The van der Waals surface area contributed by atoms with Gasteiger partial charge in [-0.1, -0.05) is 24.3 Å². The van der Waals surface area contributed by atoms with Crippen LogP contribution in [0.4, 0.5) is 15.8 Å². The molecule has 0 bridgehead atoms. The van der Waals surface area contributed by atoms with Gasteiger partial charge in [-0.3, -0.25) is 0 Å². The van der Waals surface area contributed by atoms with E-state index in [1.807, 2.05) is 52.9 Å². The van der Waals surface area contributed by atoms with Crippen LogP contribution in [-0.2, 0) is 0 Å². The standard InChI is InChI=1S/C13H10FIN2S/c14-10-7-4-8-11(12(10)15)17-13(18)16-9-5-2-1-3-6-9/h1-8H,(H2,16,17,18). The van der Waals surface area contributed by atoms with Crippen molar-refractivity contribution in [3.05, 3.63) is 57.9 Å². The van der Waals surface area contributed by atoms with Gasteiger partial charge in [0, 0.05) is 5.69 Å². The highest BCUT2D eigenvalue weighted by Gasteiger charge is 2.06. The fourth-order valence-electron chi connectivity index (χ4n) is 1.41. The smallest absolute Gasteiger partial charge is 0.175 e. The van der Waals surface area contributed by atoms with Gasteiger partial charge >= 0.3 is 0 Å². The van der Waals surface area contributed by atoms with Gasteiger partial charge in [0.15, 0.2) is 5.11 Å². The summed E-state index contributed by atoms with van der Waals surface area (Å²) in [5, 5.41) is 6.44.